The summed E-state index contributed by atoms with van der Waals surface area (Å²) in [5.41, 5.74) is 2.22. The van der Waals surface area contributed by atoms with Gasteiger partial charge in [0.1, 0.15) is 5.25 Å². The van der Waals surface area contributed by atoms with Crippen LogP contribution in [0.1, 0.15) is 56.9 Å². The highest BCUT2D eigenvalue weighted by Crippen LogP contribution is 2.30. The number of hydrogen-bond acceptors (Lipinski definition) is 4. The van der Waals surface area contributed by atoms with E-state index in [1.54, 1.807) is 0 Å². The molecule has 1 N–H and O–H groups in total. The van der Waals surface area contributed by atoms with Crippen LogP contribution in [-0.2, 0) is 16.0 Å². The Balaban J connectivity index is 1.35. The summed E-state index contributed by atoms with van der Waals surface area (Å²) in [5, 5.41) is 3.78. The van der Waals surface area contributed by atoms with Gasteiger partial charge in [0, 0.05) is 24.7 Å². The number of para-hydroxylation sites is 1. The third-order valence-corrected chi connectivity index (χ3v) is 6.78. The van der Waals surface area contributed by atoms with Crippen LogP contribution in [0, 0.1) is 0 Å². The highest BCUT2D eigenvalue weighted by Gasteiger charge is 2.34. The number of anilines is 1. The molecule has 27 heavy (non-hydrogen) atoms. The average Bonchev–Trinajstić information content (AvgIpc) is 2.86. The molecular formula is C21H27N3O2S. The van der Waals surface area contributed by atoms with Crippen LogP contribution >= 0.6 is 11.8 Å². The maximum Gasteiger partial charge on any atom is 0.262 e. The molecule has 6 heteroatoms. The van der Waals surface area contributed by atoms with Gasteiger partial charge in [-0.1, -0.05) is 55.6 Å². The van der Waals surface area contributed by atoms with Crippen LogP contribution in [0.5, 0.6) is 0 Å². The van der Waals surface area contributed by atoms with Gasteiger partial charge in [-0.25, -0.2) is 0 Å². The fourth-order valence-corrected chi connectivity index (χ4v) is 5.26. The molecule has 2 amide bonds. The standard InChI is InChI=1S/C21H27N3O2S/c25-19(24-13-7-9-15-8-5-6-12-17(15)24)14-18-20(26)23-21(27-18)22-16-10-3-1-2-4-11-16/h5-6,8,12,16,18H,1-4,7,9-11,13-14H2,(H,22,23,26). The van der Waals surface area contributed by atoms with E-state index >= 15 is 0 Å². The number of amidine groups is 1. The zero-order chi connectivity index (χ0) is 18.6. The fourth-order valence-electron chi connectivity index (χ4n) is 4.24. The van der Waals surface area contributed by atoms with Crippen LogP contribution in [0.2, 0.25) is 0 Å². The van der Waals surface area contributed by atoms with Gasteiger partial charge in [0.25, 0.3) is 5.91 Å². The van der Waals surface area contributed by atoms with Crippen molar-refractivity contribution in [2.75, 3.05) is 11.4 Å². The summed E-state index contributed by atoms with van der Waals surface area (Å²) in [6, 6.07) is 8.49. The molecule has 2 aliphatic heterocycles. The van der Waals surface area contributed by atoms with Crippen molar-refractivity contribution in [2.45, 2.75) is 69.1 Å². The largest absolute Gasteiger partial charge is 0.362 e. The van der Waals surface area contributed by atoms with Gasteiger partial charge in [-0.05, 0) is 37.3 Å². The van der Waals surface area contributed by atoms with Crippen molar-refractivity contribution in [3.63, 3.8) is 0 Å². The van der Waals surface area contributed by atoms with Crippen LogP contribution < -0.4 is 10.2 Å². The quantitative estimate of drug-likeness (QED) is 0.807. The number of aliphatic imine (C=N–C) groups is 1. The third-order valence-electron chi connectivity index (χ3n) is 5.70. The van der Waals surface area contributed by atoms with Crippen LogP contribution in [0.3, 0.4) is 0 Å². The van der Waals surface area contributed by atoms with Crippen LogP contribution in [0.25, 0.3) is 0 Å². The van der Waals surface area contributed by atoms with Gasteiger partial charge in [-0.3, -0.25) is 9.59 Å². The Kier molecular flexibility index (Phi) is 5.81. The van der Waals surface area contributed by atoms with Crippen molar-refractivity contribution in [1.29, 1.82) is 0 Å². The molecule has 1 unspecified atom stereocenters. The number of carbonyl (C=O) groups excluding carboxylic acids is 2. The van der Waals surface area contributed by atoms with Crippen molar-refractivity contribution < 1.29 is 9.59 Å². The SMILES string of the molecule is O=C1N=C(NC2CCCCCC2)SC1CC(=O)N1CCCc2ccccc21. The van der Waals surface area contributed by atoms with Crippen molar-refractivity contribution in [1.82, 2.24) is 5.32 Å². The molecule has 1 aliphatic carbocycles. The zero-order valence-electron chi connectivity index (χ0n) is 15.7. The monoisotopic (exact) mass is 385 g/mol. The minimum absolute atomic E-state index is 0.0268. The highest BCUT2D eigenvalue weighted by atomic mass is 32.2. The fraction of sp³-hybridized carbons (Fsp3) is 0.571. The Bertz CT molecular complexity index is 741. The summed E-state index contributed by atoms with van der Waals surface area (Å²) in [6.45, 7) is 0.732. The molecule has 4 rings (SSSR count). The average molecular weight is 386 g/mol. The minimum atomic E-state index is -0.389. The van der Waals surface area contributed by atoms with Gasteiger partial charge < -0.3 is 10.2 Å². The van der Waals surface area contributed by atoms with Gasteiger partial charge in [-0.2, -0.15) is 4.99 Å². The lowest BCUT2D eigenvalue weighted by Gasteiger charge is -2.30. The van der Waals surface area contributed by atoms with E-state index in [2.05, 4.69) is 16.4 Å². The lowest BCUT2D eigenvalue weighted by molar-refractivity contribution is -0.122. The van der Waals surface area contributed by atoms with E-state index in [9.17, 15) is 9.59 Å². The summed E-state index contributed by atoms with van der Waals surface area (Å²) in [6.07, 6.45) is 9.55. The van der Waals surface area contributed by atoms with Crippen molar-refractivity contribution in [2.24, 2.45) is 4.99 Å². The van der Waals surface area contributed by atoms with E-state index in [0.717, 1.165) is 37.9 Å². The topological polar surface area (TPSA) is 61.8 Å². The summed E-state index contributed by atoms with van der Waals surface area (Å²) >= 11 is 1.43. The van der Waals surface area contributed by atoms with Gasteiger partial charge in [0.2, 0.25) is 5.91 Å². The number of nitrogens with zero attached hydrogens (tertiary/aromatic N) is 2. The Morgan fingerprint density at radius 2 is 1.93 bits per heavy atom. The molecule has 0 bridgehead atoms. The van der Waals surface area contributed by atoms with Gasteiger partial charge in [0.15, 0.2) is 5.17 Å². The number of amides is 2. The number of aryl methyl sites for hydroxylation is 1. The molecule has 2 heterocycles. The molecule has 0 radical (unpaired) electrons. The summed E-state index contributed by atoms with van der Waals surface area (Å²) in [4.78, 5) is 31.3. The smallest absolute Gasteiger partial charge is 0.262 e. The molecular weight excluding hydrogens is 358 g/mol. The molecule has 144 valence electrons. The Labute approximate surface area is 165 Å². The molecule has 3 aliphatic rings. The first-order valence-corrected chi connectivity index (χ1v) is 11.0. The number of fused-ring (bicyclic) bond motifs is 1. The summed E-state index contributed by atoms with van der Waals surface area (Å²) in [5.74, 6) is -0.145. The lowest BCUT2D eigenvalue weighted by Crippen LogP contribution is -2.37. The number of nitrogens with one attached hydrogen (secondary N) is 1. The van der Waals surface area contributed by atoms with Crippen molar-refractivity contribution in [3.8, 4) is 0 Å². The second kappa shape index (κ2) is 8.46. The molecule has 1 saturated carbocycles. The van der Waals surface area contributed by atoms with Crippen LogP contribution in [0.15, 0.2) is 29.3 Å². The molecule has 5 nitrogen and oxygen atoms in total. The predicted octanol–water partition coefficient (Wildman–Crippen LogP) is 3.67. The molecule has 0 spiro atoms. The lowest BCUT2D eigenvalue weighted by atomic mass is 10.0. The molecule has 1 aromatic carbocycles. The molecule has 1 atom stereocenters. The number of carbonyl (C=O) groups is 2. The molecule has 1 aromatic rings. The second-order valence-corrected chi connectivity index (χ2v) is 8.87. The van der Waals surface area contributed by atoms with E-state index in [-0.39, 0.29) is 23.5 Å². The first-order valence-electron chi connectivity index (χ1n) is 10.1. The zero-order valence-corrected chi connectivity index (χ0v) is 16.5. The minimum Gasteiger partial charge on any atom is -0.362 e. The normalized spacial score (nSPS) is 23.6. The number of hydrogen-bond donors (Lipinski definition) is 1. The summed E-state index contributed by atoms with van der Waals surface area (Å²) in [7, 11) is 0. The first-order chi connectivity index (χ1) is 13.2. The van der Waals surface area contributed by atoms with E-state index in [0.29, 0.717) is 11.2 Å². The van der Waals surface area contributed by atoms with Crippen molar-refractivity contribution >= 4 is 34.4 Å². The Morgan fingerprint density at radius 1 is 1.15 bits per heavy atom. The van der Waals surface area contributed by atoms with Crippen molar-refractivity contribution in [3.05, 3.63) is 29.8 Å². The van der Waals surface area contributed by atoms with E-state index < -0.39 is 0 Å². The van der Waals surface area contributed by atoms with Gasteiger partial charge in [-0.15, -0.1) is 0 Å². The van der Waals surface area contributed by atoms with Crippen LogP contribution in [-0.4, -0.2) is 34.8 Å². The Hall–Kier alpha value is -1.82. The maximum absolute atomic E-state index is 12.9. The number of thioether (sulfide) groups is 1. The number of rotatable bonds is 3. The Morgan fingerprint density at radius 3 is 2.74 bits per heavy atom. The molecule has 0 saturated heterocycles. The highest BCUT2D eigenvalue weighted by molar-refractivity contribution is 8.15. The third kappa shape index (κ3) is 4.37. The summed E-state index contributed by atoms with van der Waals surface area (Å²) < 4.78 is 0. The van der Waals surface area contributed by atoms with E-state index in [1.165, 1.54) is 43.0 Å². The van der Waals surface area contributed by atoms with E-state index in [4.69, 9.17) is 0 Å². The van der Waals surface area contributed by atoms with Gasteiger partial charge >= 0.3 is 0 Å². The molecule has 1 fully saturated rings. The predicted molar refractivity (Wildman–Crippen MR) is 110 cm³/mol. The maximum atomic E-state index is 12.9. The van der Waals surface area contributed by atoms with Gasteiger partial charge in [0.05, 0.1) is 0 Å². The molecule has 0 aromatic heterocycles. The van der Waals surface area contributed by atoms with E-state index in [1.807, 2.05) is 23.1 Å². The number of benzene rings is 1. The van der Waals surface area contributed by atoms with Crippen LogP contribution in [0.4, 0.5) is 5.69 Å². The first kappa shape index (κ1) is 18.5. The second-order valence-electron chi connectivity index (χ2n) is 7.68.